The minimum Gasteiger partial charge on any atom is -0.385 e. The fraction of sp³-hybridized carbons (Fsp3) is 0.500. The summed E-state index contributed by atoms with van der Waals surface area (Å²) in [5.41, 5.74) is 4.16. The minimum absolute atomic E-state index is 0.257. The Hall–Kier alpha value is -1.94. The molecule has 3 nitrogen and oxygen atoms in total. The van der Waals surface area contributed by atoms with E-state index in [0.29, 0.717) is 6.42 Å². The van der Waals surface area contributed by atoms with E-state index in [-0.39, 0.29) is 5.92 Å². The first kappa shape index (κ1) is 22.3. The minimum atomic E-state index is -0.804. The molecule has 166 valence electrons. The molecule has 1 N–H and O–H groups in total. The lowest BCUT2D eigenvalue weighted by atomic mass is 9.74. The van der Waals surface area contributed by atoms with E-state index in [1.54, 1.807) is 0 Å². The van der Waals surface area contributed by atoms with Crippen molar-refractivity contribution in [1.82, 2.24) is 9.80 Å². The first-order chi connectivity index (χ1) is 15.0. The van der Waals surface area contributed by atoms with Crippen LogP contribution in [0.25, 0.3) is 6.08 Å². The number of hydrogen-bond donors (Lipinski definition) is 1. The molecule has 1 aliphatic carbocycles. The Morgan fingerprint density at radius 3 is 2.42 bits per heavy atom. The molecule has 2 aromatic carbocycles. The first-order valence-electron chi connectivity index (χ1n) is 12.0. The number of aryl methyl sites for hydroxylation is 1. The Morgan fingerprint density at radius 1 is 0.968 bits per heavy atom. The molecule has 0 radical (unpaired) electrons. The van der Waals surface area contributed by atoms with E-state index in [1.165, 1.54) is 28.7 Å². The van der Waals surface area contributed by atoms with Crippen LogP contribution in [0.5, 0.6) is 0 Å². The van der Waals surface area contributed by atoms with Crippen LogP contribution in [-0.4, -0.2) is 60.3 Å². The third kappa shape index (κ3) is 5.46. The van der Waals surface area contributed by atoms with Crippen molar-refractivity contribution < 1.29 is 5.11 Å². The maximum absolute atomic E-state index is 12.5. The summed E-state index contributed by atoms with van der Waals surface area (Å²) in [6.45, 7) is 7.61. The van der Waals surface area contributed by atoms with Crippen LogP contribution >= 0.6 is 0 Å². The summed E-state index contributed by atoms with van der Waals surface area (Å²) < 4.78 is 0. The van der Waals surface area contributed by atoms with Gasteiger partial charge in [0.15, 0.2) is 0 Å². The average Bonchev–Trinajstić information content (AvgIpc) is 2.92. The van der Waals surface area contributed by atoms with Gasteiger partial charge in [-0.3, -0.25) is 0 Å². The van der Waals surface area contributed by atoms with Gasteiger partial charge in [0, 0.05) is 45.1 Å². The second kappa shape index (κ2) is 10.1. The van der Waals surface area contributed by atoms with Gasteiger partial charge in [-0.15, -0.1) is 0 Å². The number of rotatable bonds is 5. The maximum atomic E-state index is 12.5. The molecular weight excluding hydrogens is 380 g/mol. The van der Waals surface area contributed by atoms with Crippen LogP contribution in [-0.2, 0) is 6.42 Å². The molecule has 4 rings (SSSR count). The average molecular weight is 419 g/mol. The van der Waals surface area contributed by atoms with Gasteiger partial charge in [0.1, 0.15) is 0 Å². The van der Waals surface area contributed by atoms with Crippen LogP contribution in [0, 0.1) is 12.8 Å². The Bertz CT molecular complexity index is 870. The summed E-state index contributed by atoms with van der Waals surface area (Å²) in [5, 5.41) is 12.5. The van der Waals surface area contributed by atoms with Gasteiger partial charge in [0.25, 0.3) is 0 Å². The molecule has 0 aromatic heterocycles. The molecule has 0 spiro atoms. The molecule has 1 aliphatic heterocycles. The fourth-order valence-corrected chi connectivity index (χ4v) is 5.31. The Balaban J connectivity index is 1.68. The third-order valence-electron chi connectivity index (χ3n) is 7.42. The molecule has 2 aliphatic rings. The van der Waals surface area contributed by atoms with Crippen molar-refractivity contribution in [3.8, 4) is 0 Å². The molecule has 3 heteroatoms. The van der Waals surface area contributed by atoms with Gasteiger partial charge in [-0.1, -0.05) is 67.1 Å². The molecule has 1 heterocycles. The molecule has 1 saturated carbocycles. The van der Waals surface area contributed by atoms with Gasteiger partial charge in [-0.2, -0.15) is 0 Å². The van der Waals surface area contributed by atoms with E-state index >= 15 is 0 Å². The number of piperazine rings is 1. The topological polar surface area (TPSA) is 26.7 Å². The SMILES string of the molecule is Cc1ccccc1CC1(O)C(=Cc2ccccc2)CCCCC1CN1CCN(C)CC1. The highest BCUT2D eigenvalue weighted by atomic mass is 16.3. The lowest BCUT2D eigenvalue weighted by Crippen LogP contribution is -2.51. The smallest absolute Gasteiger partial charge is 0.0940 e. The number of hydrogen-bond acceptors (Lipinski definition) is 3. The molecule has 0 bridgehead atoms. The highest BCUT2D eigenvalue weighted by Gasteiger charge is 2.42. The van der Waals surface area contributed by atoms with Crippen molar-refractivity contribution in [2.75, 3.05) is 39.8 Å². The van der Waals surface area contributed by atoms with Crippen molar-refractivity contribution in [3.63, 3.8) is 0 Å². The first-order valence-corrected chi connectivity index (χ1v) is 12.0. The van der Waals surface area contributed by atoms with Crippen molar-refractivity contribution in [2.45, 2.75) is 44.6 Å². The van der Waals surface area contributed by atoms with Crippen LogP contribution in [0.4, 0.5) is 0 Å². The quantitative estimate of drug-likeness (QED) is 0.707. The highest BCUT2D eigenvalue weighted by Crippen LogP contribution is 2.41. The second-order valence-corrected chi connectivity index (χ2v) is 9.65. The van der Waals surface area contributed by atoms with Crippen LogP contribution in [0.2, 0.25) is 0 Å². The van der Waals surface area contributed by atoms with Gasteiger partial charge in [0.2, 0.25) is 0 Å². The molecule has 2 atom stereocenters. The fourth-order valence-electron chi connectivity index (χ4n) is 5.31. The van der Waals surface area contributed by atoms with Crippen molar-refractivity contribution in [2.24, 2.45) is 5.92 Å². The largest absolute Gasteiger partial charge is 0.385 e. The lowest BCUT2D eigenvalue weighted by molar-refractivity contribution is -0.00653. The number of likely N-dealkylation sites (N-methyl/N-ethyl adjacent to an activating group) is 1. The summed E-state index contributed by atoms with van der Waals surface area (Å²) in [4.78, 5) is 4.99. The summed E-state index contributed by atoms with van der Waals surface area (Å²) in [5.74, 6) is 0.257. The summed E-state index contributed by atoms with van der Waals surface area (Å²) >= 11 is 0. The standard InChI is InChI=1S/C28H38N2O/c1-23-10-6-7-13-25(23)21-28(31)26(20-24-11-4-3-5-12-24)14-8-9-15-27(28)22-30-18-16-29(2)17-19-30/h3-7,10-13,20,27,31H,8-9,14-19,21-22H2,1-2H3. The van der Waals surface area contributed by atoms with Gasteiger partial charge in [-0.25, -0.2) is 0 Å². The Morgan fingerprint density at radius 2 is 1.68 bits per heavy atom. The third-order valence-corrected chi connectivity index (χ3v) is 7.42. The van der Waals surface area contributed by atoms with Gasteiger partial charge >= 0.3 is 0 Å². The Labute approximate surface area is 188 Å². The van der Waals surface area contributed by atoms with E-state index in [4.69, 9.17) is 0 Å². The predicted molar refractivity (Wildman–Crippen MR) is 130 cm³/mol. The zero-order chi connectivity index (χ0) is 21.7. The molecule has 1 saturated heterocycles. The molecule has 31 heavy (non-hydrogen) atoms. The molecule has 2 unspecified atom stereocenters. The van der Waals surface area contributed by atoms with E-state index < -0.39 is 5.60 Å². The van der Waals surface area contributed by atoms with E-state index in [0.717, 1.165) is 52.0 Å². The molecule has 2 fully saturated rings. The second-order valence-electron chi connectivity index (χ2n) is 9.65. The van der Waals surface area contributed by atoms with Gasteiger partial charge in [-0.05, 0) is 55.5 Å². The maximum Gasteiger partial charge on any atom is 0.0940 e. The summed E-state index contributed by atoms with van der Waals surface area (Å²) in [6, 6.07) is 19.1. The highest BCUT2D eigenvalue weighted by molar-refractivity contribution is 5.56. The van der Waals surface area contributed by atoms with Gasteiger partial charge in [0.05, 0.1) is 5.60 Å². The predicted octanol–water partition coefficient (Wildman–Crippen LogP) is 4.79. The van der Waals surface area contributed by atoms with E-state index in [1.807, 2.05) is 0 Å². The number of nitrogens with zero attached hydrogens (tertiary/aromatic N) is 2. The van der Waals surface area contributed by atoms with Crippen LogP contribution in [0.15, 0.2) is 60.2 Å². The van der Waals surface area contributed by atoms with Gasteiger partial charge < -0.3 is 14.9 Å². The van der Waals surface area contributed by atoms with E-state index in [9.17, 15) is 5.11 Å². The van der Waals surface area contributed by atoms with Crippen molar-refractivity contribution in [1.29, 1.82) is 0 Å². The zero-order valence-corrected chi connectivity index (χ0v) is 19.3. The summed E-state index contributed by atoms with van der Waals surface area (Å²) in [6.07, 6.45) is 7.42. The summed E-state index contributed by atoms with van der Waals surface area (Å²) in [7, 11) is 2.21. The zero-order valence-electron chi connectivity index (χ0n) is 19.3. The van der Waals surface area contributed by atoms with E-state index in [2.05, 4.69) is 84.4 Å². The lowest BCUT2D eigenvalue weighted by Gasteiger charge is -2.42. The monoisotopic (exact) mass is 418 g/mol. The van der Waals surface area contributed by atoms with Crippen molar-refractivity contribution >= 4 is 6.08 Å². The van der Waals surface area contributed by atoms with Crippen LogP contribution < -0.4 is 0 Å². The van der Waals surface area contributed by atoms with Crippen LogP contribution in [0.1, 0.15) is 42.4 Å². The number of benzene rings is 2. The molecule has 0 amide bonds. The van der Waals surface area contributed by atoms with Crippen molar-refractivity contribution in [3.05, 3.63) is 76.9 Å². The van der Waals surface area contributed by atoms with Crippen LogP contribution in [0.3, 0.4) is 0 Å². The Kier molecular flexibility index (Phi) is 7.27. The molecule has 2 aromatic rings. The molecular formula is C28H38N2O. The number of aliphatic hydroxyl groups is 1. The normalized spacial score (nSPS) is 27.3.